The first-order valence-corrected chi connectivity index (χ1v) is 17.9. The van der Waals surface area contributed by atoms with Crippen molar-refractivity contribution in [2.45, 2.75) is 97.1 Å². The molecule has 0 spiro atoms. The van der Waals surface area contributed by atoms with Gasteiger partial charge in [-0.05, 0) is 108 Å². The van der Waals surface area contributed by atoms with E-state index in [0.717, 1.165) is 51.2 Å². The SMILES string of the molecule is Cc1ccc2c(c1)N(CCN1CCC[C@@H](CCN(C)C(=O)OC(C)(C)C)C1)CCn1c-2c(C2CCCCC2)c2ccc(C(=O)O)cc21. The van der Waals surface area contributed by atoms with Gasteiger partial charge in [-0.25, -0.2) is 9.59 Å². The zero-order valence-corrected chi connectivity index (χ0v) is 29.2. The van der Waals surface area contributed by atoms with Crippen molar-refractivity contribution in [1.82, 2.24) is 14.4 Å². The molecule has 0 bridgehead atoms. The lowest BCUT2D eigenvalue weighted by Crippen LogP contribution is -2.42. The van der Waals surface area contributed by atoms with E-state index in [2.05, 4.69) is 45.6 Å². The fourth-order valence-corrected chi connectivity index (χ4v) is 8.17. The number of rotatable bonds is 8. The number of likely N-dealkylation sites (tertiary alicyclic amines) is 1. The highest BCUT2D eigenvalue weighted by Gasteiger charge is 2.31. The van der Waals surface area contributed by atoms with Crippen LogP contribution in [0.5, 0.6) is 0 Å². The molecule has 3 aliphatic rings. The molecule has 6 rings (SSSR count). The molecular weight excluding hydrogens is 588 g/mol. The van der Waals surface area contributed by atoms with Crippen molar-refractivity contribution in [2.24, 2.45) is 5.92 Å². The quantitative estimate of drug-likeness (QED) is 0.267. The summed E-state index contributed by atoms with van der Waals surface area (Å²) >= 11 is 0. The summed E-state index contributed by atoms with van der Waals surface area (Å²) in [5, 5.41) is 11.1. The summed E-state index contributed by atoms with van der Waals surface area (Å²) in [4.78, 5) is 31.4. The number of carbonyl (C=O) groups is 2. The molecule has 1 aliphatic carbocycles. The number of amides is 1. The number of carbonyl (C=O) groups excluding carboxylic acids is 1. The van der Waals surface area contributed by atoms with Crippen LogP contribution in [0.3, 0.4) is 0 Å². The number of aryl methyl sites for hydroxylation is 1. The van der Waals surface area contributed by atoms with Crippen LogP contribution < -0.4 is 4.90 Å². The van der Waals surface area contributed by atoms with E-state index in [1.54, 1.807) is 11.0 Å². The number of ether oxygens (including phenoxy) is 1. The fourth-order valence-electron chi connectivity index (χ4n) is 8.17. The van der Waals surface area contributed by atoms with Gasteiger partial charge in [0.1, 0.15) is 5.60 Å². The zero-order valence-electron chi connectivity index (χ0n) is 29.2. The molecule has 8 heteroatoms. The van der Waals surface area contributed by atoms with Crippen LogP contribution in [0.25, 0.3) is 22.2 Å². The summed E-state index contributed by atoms with van der Waals surface area (Å²) in [6.45, 7) is 14.5. The zero-order chi connectivity index (χ0) is 33.3. The minimum Gasteiger partial charge on any atom is -0.478 e. The molecule has 1 amide bonds. The lowest BCUT2D eigenvalue weighted by molar-refractivity contribution is 0.0282. The van der Waals surface area contributed by atoms with E-state index < -0.39 is 11.6 Å². The Morgan fingerprint density at radius 2 is 1.74 bits per heavy atom. The molecule has 3 aromatic rings. The molecule has 3 heterocycles. The Hall–Kier alpha value is -3.52. The minimum absolute atomic E-state index is 0.246. The Morgan fingerprint density at radius 3 is 2.49 bits per heavy atom. The molecule has 2 aromatic carbocycles. The van der Waals surface area contributed by atoms with Gasteiger partial charge in [-0.3, -0.25) is 0 Å². The number of aromatic nitrogens is 1. The predicted molar refractivity (Wildman–Crippen MR) is 190 cm³/mol. The summed E-state index contributed by atoms with van der Waals surface area (Å²) < 4.78 is 8.00. The number of hydrogen-bond acceptors (Lipinski definition) is 5. The van der Waals surface area contributed by atoms with Crippen LogP contribution >= 0.6 is 0 Å². The van der Waals surface area contributed by atoms with E-state index in [1.807, 2.05) is 33.9 Å². The van der Waals surface area contributed by atoms with Crippen LogP contribution in [0.2, 0.25) is 0 Å². The van der Waals surface area contributed by atoms with Crippen LogP contribution in [0, 0.1) is 12.8 Å². The molecule has 2 fully saturated rings. The van der Waals surface area contributed by atoms with Gasteiger partial charge in [-0.2, -0.15) is 0 Å². The molecular formula is C39H54N4O4. The lowest BCUT2D eigenvalue weighted by Gasteiger charge is -2.35. The Bertz CT molecular complexity index is 1600. The maximum Gasteiger partial charge on any atom is 0.410 e. The van der Waals surface area contributed by atoms with E-state index in [9.17, 15) is 14.7 Å². The van der Waals surface area contributed by atoms with Crippen molar-refractivity contribution in [2.75, 3.05) is 51.2 Å². The Kier molecular flexibility index (Phi) is 9.88. The minimum atomic E-state index is -0.871. The van der Waals surface area contributed by atoms with Gasteiger partial charge in [-0.15, -0.1) is 0 Å². The lowest BCUT2D eigenvalue weighted by atomic mass is 9.81. The highest BCUT2D eigenvalue weighted by atomic mass is 16.6. The molecule has 0 unspecified atom stereocenters. The first kappa shape index (κ1) is 33.4. The smallest absolute Gasteiger partial charge is 0.410 e. The number of carboxylic acids is 1. The van der Waals surface area contributed by atoms with Crippen molar-refractivity contribution < 1.29 is 19.4 Å². The van der Waals surface area contributed by atoms with Gasteiger partial charge < -0.3 is 29.1 Å². The second-order valence-corrected chi connectivity index (χ2v) is 15.3. The number of benzene rings is 2. The Balaban J connectivity index is 1.22. The predicted octanol–water partition coefficient (Wildman–Crippen LogP) is 8.15. The average molecular weight is 643 g/mol. The van der Waals surface area contributed by atoms with Crippen LogP contribution in [0.4, 0.5) is 10.5 Å². The second-order valence-electron chi connectivity index (χ2n) is 15.3. The van der Waals surface area contributed by atoms with Crippen LogP contribution in [0.1, 0.15) is 99.5 Å². The molecule has 1 saturated heterocycles. The second kappa shape index (κ2) is 13.9. The number of anilines is 1. The first-order valence-electron chi connectivity index (χ1n) is 17.9. The van der Waals surface area contributed by atoms with E-state index in [1.165, 1.54) is 78.4 Å². The molecule has 8 nitrogen and oxygen atoms in total. The largest absolute Gasteiger partial charge is 0.478 e. The van der Waals surface area contributed by atoms with Crippen molar-refractivity contribution in [3.63, 3.8) is 0 Å². The molecule has 0 radical (unpaired) electrons. The average Bonchev–Trinajstić information content (AvgIpc) is 3.27. The van der Waals surface area contributed by atoms with Gasteiger partial charge in [0.05, 0.1) is 11.3 Å². The summed E-state index contributed by atoms with van der Waals surface area (Å²) in [6.07, 6.45) is 9.33. The van der Waals surface area contributed by atoms with Gasteiger partial charge in [0.25, 0.3) is 0 Å². The van der Waals surface area contributed by atoms with Crippen molar-refractivity contribution in [3.8, 4) is 11.3 Å². The van der Waals surface area contributed by atoms with Gasteiger partial charge >= 0.3 is 12.1 Å². The topological polar surface area (TPSA) is 78.2 Å². The Morgan fingerprint density at radius 1 is 0.957 bits per heavy atom. The van der Waals surface area contributed by atoms with Gasteiger partial charge in [-0.1, -0.05) is 37.5 Å². The number of aromatic carboxylic acids is 1. The third kappa shape index (κ3) is 7.48. The number of fused-ring (bicyclic) bond motifs is 5. The summed E-state index contributed by atoms with van der Waals surface area (Å²) in [7, 11) is 1.84. The maximum absolute atomic E-state index is 12.5. The van der Waals surface area contributed by atoms with Crippen LogP contribution in [-0.4, -0.2) is 83.5 Å². The van der Waals surface area contributed by atoms with Gasteiger partial charge in [0.15, 0.2) is 0 Å². The van der Waals surface area contributed by atoms with E-state index >= 15 is 0 Å². The number of carboxylic acid groups (broad SMARTS) is 1. The standard InChI is InChI=1S/C39H54N4O4/c1-27-13-15-32-33(24-27)42(21-20-41-18-9-10-28(26-41)17-19-40(5)38(46)47-39(2,3)4)22-23-43-34-25-30(37(44)45)14-16-31(34)35(36(32)43)29-11-7-6-8-12-29/h13-16,24-25,28-29H,6-12,17-23,26H2,1-5H3,(H,44,45)/t28-/m0/s1. The molecule has 1 aromatic heterocycles. The first-order chi connectivity index (χ1) is 22.5. The highest BCUT2D eigenvalue weighted by Crippen LogP contribution is 2.47. The third-order valence-electron chi connectivity index (χ3n) is 10.6. The van der Waals surface area contributed by atoms with E-state index in [0.29, 0.717) is 23.9 Å². The van der Waals surface area contributed by atoms with Crippen molar-refractivity contribution in [1.29, 1.82) is 0 Å². The number of piperidine rings is 1. The summed E-state index contributed by atoms with van der Waals surface area (Å²) in [5.74, 6) is 0.198. The molecule has 254 valence electrons. The summed E-state index contributed by atoms with van der Waals surface area (Å²) in [6, 6.07) is 12.7. The molecule has 1 N–H and O–H groups in total. The molecule has 47 heavy (non-hydrogen) atoms. The fraction of sp³-hybridized carbons (Fsp3) is 0.590. The highest BCUT2D eigenvalue weighted by molar-refractivity contribution is 5.99. The van der Waals surface area contributed by atoms with E-state index in [4.69, 9.17) is 4.74 Å². The normalized spacial score (nSPS) is 19.3. The molecule has 1 saturated carbocycles. The van der Waals surface area contributed by atoms with Crippen molar-refractivity contribution >= 4 is 28.7 Å². The van der Waals surface area contributed by atoms with Crippen molar-refractivity contribution in [3.05, 3.63) is 53.1 Å². The number of nitrogens with zero attached hydrogens (tertiary/aromatic N) is 4. The van der Waals surface area contributed by atoms with Crippen LogP contribution in [-0.2, 0) is 11.3 Å². The van der Waals surface area contributed by atoms with Crippen LogP contribution in [0.15, 0.2) is 36.4 Å². The Labute approximate surface area is 280 Å². The molecule has 1 atom stereocenters. The molecule has 2 aliphatic heterocycles. The van der Waals surface area contributed by atoms with Gasteiger partial charge in [0, 0.05) is 68.5 Å². The monoisotopic (exact) mass is 642 g/mol. The maximum atomic E-state index is 12.5. The third-order valence-corrected chi connectivity index (χ3v) is 10.6. The van der Waals surface area contributed by atoms with Gasteiger partial charge in [0.2, 0.25) is 0 Å². The number of hydrogen-bond donors (Lipinski definition) is 1. The van der Waals surface area contributed by atoms with E-state index in [-0.39, 0.29) is 6.09 Å². The summed E-state index contributed by atoms with van der Waals surface area (Å²) in [5.41, 5.74) is 7.51.